The molecule has 1 aromatic heterocycles. The number of hydrogen-bond donors (Lipinski definition) is 1. The van der Waals surface area contributed by atoms with Crippen LogP contribution in [0.3, 0.4) is 0 Å². The molecule has 1 amide bonds. The Kier molecular flexibility index (Phi) is 5.42. The van der Waals surface area contributed by atoms with Gasteiger partial charge in [-0.3, -0.25) is 4.79 Å². The molecule has 0 bridgehead atoms. The van der Waals surface area contributed by atoms with E-state index in [1.54, 1.807) is 0 Å². The first-order chi connectivity index (χ1) is 12.5. The molecule has 26 heavy (non-hydrogen) atoms. The molecule has 0 aliphatic carbocycles. The van der Waals surface area contributed by atoms with Gasteiger partial charge in [-0.25, -0.2) is 0 Å². The number of thioether (sulfide) groups is 1. The van der Waals surface area contributed by atoms with Gasteiger partial charge in [-0.2, -0.15) is 0 Å². The van der Waals surface area contributed by atoms with Crippen molar-refractivity contribution >= 4 is 23.4 Å². The van der Waals surface area contributed by atoms with Gasteiger partial charge in [0, 0.05) is 11.3 Å². The monoisotopic (exact) mass is 367 g/mol. The lowest BCUT2D eigenvalue weighted by Gasteiger charge is -2.14. The Hall–Kier alpha value is -2.60. The third-order valence-electron chi connectivity index (χ3n) is 4.16. The van der Waals surface area contributed by atoms with Gasteiger partial charge in [0.05, 0.1) is 5.25 Å². The normalized spacial score (nSPS) is 12.0. The van der Waals surface area contributed by atoms with E-state index < -0.39 is 0 Å². The molecule has 0 spiro atoms. The topological polar surface area (TPSA) is 68.0 Å². The van der Waals surface area contributed by atoms with Gasteiger partial charge in [0.2, 0.25) is 11.8 Å². The average molecular weight is 367 g/mol. The number of aromatic nitrogens is 2. The van der Waals surface area contributed by atoms with Gasteiger partial charge in [-0.05, 0) is 50.5 Å². The Labute approximate surface area is 157 Å². The maximum absolute atomic E-state index is 12.5. The molecule has 1 atom stereocenters. The number of benzene rings is 2. The molecule has 2 aromatic carbocycles. The molecule has 0 saturated heterocycles. The van der Waals surface area contributed by atoms with Crippen molar-refractivity contribution in [3.05, 3.63) is 59.2 Å². The summed E-state index contributed by atoms with van der Waals surface area (Å²) in [6.45, 7) is 7.78. The van der Waals surface area contributed by atoms with Crippen LogP contribution < -0.4 is 5.32 Å². The van der Waals surface area contributed by atoms with Crippen LogP contribution in [-0.4, -0.2) is 21.4 Å². The first kappa shape index (κ1) is 18.2. The van der Waals surface area contributed by atoms with Crippen molar-refractivity contribution in [2.75, 3.05) is 5.32 Å². The lowest BCUT2D eigenvalue weighted by molar-refractivity contribution is -0.115. The summed E-state index contributed by atoms with van der Waals surface area (Å²) in [7, 11) is 0. The predicted molar refractivity (Wildman–Crippen MR) is 104 cm³/mol. The Bertz CT molecular complexity index is 916. The van der Waals surface area contributed by atoms with Crippen molar-refractivity contribution in [2.24, 2.45) is 0 Å². The molecule has 0 radical (unpaired) electrons. The van der Waals surface area contributed by atoms with Gasteiger partial charge in [-0.15, -0.1) is 10.2 Å². The van der Waals surface area contributed by atoms with E-state index >= 15 is 0 Å². The maximum atomic E-state index is 12.5. The number of rotatable bonds is 5. The van der Waals surface area contributed by atoms with Crippen LogP contribution in [0.15, 0.2) is 52.1 Å². The molecule has 1 unspecified atom stereocenters. The summed E-state index contributed by atoms with van der Waals surface area (Å²) in [5.41, 5.74) is 4.90. The summed E-state index contributed by atoms with van der Waals surface area (Å²) in [5.74, 6) is 0.371. The van der Waals surface area contributed by atoms with Crippen LogP contribution in [0.4, 0.5) is 5.69 Å². The lowest BCUT2D eigenvalue weighted by atomic mass is 10.1. The maximum Gasteiger partial charge on any atom is 0.277 e. The number of hydrogen-bond acceptors (Lipinski definition) is 5. The number of para-hydroxylation sites is 1. The Balaban J connectivity index is 1.69. The second-order valence-electron chi connectivity index (χ2n) is 6.20. The summed E-state index contributed by atoms with van der Waals surface area (Å²) in [4.78, 5) is 12.5. The summed E-state index contributed by atoms with van der Waals surface area (Å²) in [6.07, 6.45) is 0. The zero-order valence-corrected chi connectivity index (χ0v) is 16.1. The highest BCUT2D eigenvalue weighted by molar-refractivity contribution is 8.00. The van der Waals surface area contributed by atoms with Gasteiger partial charge in [0.1, 0.15) is 0 Å². The number of carbonyl (C=O) groups excluding carboxylic acids is 1. The van der Waals surface area contributed by atoms with Gasteiger partial charge < -0.3 is 9.73 Å². The standard InChI is InChI=1S/C20H21N3O2S/c1-12-8-5-6-11-16(12)19-22-23-20(25-19)26-15(4)18(24)21-17-13(2)9-7-10-14(17)3/h5-11,15H,1-4H3,(H,21,24). The summed E-state index contributed by atoms with van der Waals surface area (Å²) in [6, 6.07) is 13.8. The first-order valence-corrected chi connectivity index (χ1v) is 9.27. The highest BCUT2D eigenvalue weighted by Crippen LogP contribution is 2.28. The Morgan fingerprint density at radius 2 is 1.65 bits per heavy atom. The third kappa shape index (κ3) is 3.96. The summed E-state index contributed by atoms with van der Waals surface area (Å²) >= 11 is 1.25. The quantitative estimate of drug-likeness (QED) is 0.657. The fourth-order valence-corrected chi connectivity index (χ4v) is 3.30. The Morgan fingerprint density at radius 1 is 1.00 bits per heavy atom. The fourth-order valence-electron chi connectivity index (χ4n) is 2.62. The molecule has 3 aromatic rings. The number of nitrogens with zero attached hydrogens (tertiary/aromatic N) is 2. The van der Waals surface area contributed by atoms with E-state index in [1.165, 1.54) is 11.8 Å². The van der Waals surface area contributed by atoms with Crippen molar-refractivity contribution in [1.29, 1.82) is 0 Å². The third-order valence-corrected chi connectivity index (χ3v) is 5.09. The van der Waals surface area contributed by atoms with E-state index in [-0.39, 0.29) is 11.2 Å². The number of amides is 1. The molecule has 0 aliphatic heterocycles. The predicted octanol–water partition coefficient (Wildman–Crippen LogP) is 4.78. The minimum absolute atomic E-state index is 0.0944. The van der Waals surface area contributed by atoms with Crippen LogP contribution in [-0.2, 0) is 4.79 Å². The summed E-state index contributed by atoms with van der Waals surface area (Å²) in [5, 5.41) is 11.2. The zero-order chi connectivity index (χ0) is 18.7. The van der Waals surface area contributed by atoms with Gasteiger partial charge >= 0.3 is 0 Å². The van der Waals surface area contributed by atoms with Crippen LogP contribution in [0.5, 0.6) is 0 Å². The SMILES string of the molecule is Cc1ccccc1-c1nnc(SC(C)C(=O)Nc2c(C)cccc2C)o1. The van der Waals surface area contributed by atoms with Crippen molar-refractivity contribution in [3.8, 4) is 11.5 Å². The second-order valence-corrected chi connectivity index (χ2v) is 7.50. The van der Waals surface area contributed by atoms with E-state index in [1.807, 2.05) is 70.2 Å². The van der Waals surface area contributed by atoms with Gasteiger partial charge in [-0.1, -0.05) is 48.2 Å². The van der Waals surface area contributed by atoms with Crippen molar-refractivity contribution < 1.29 is 9.21 Å². The molecule has 134 valence electrons. The molecule has 3 rings (SSSR count). The molecule has 5 nitrogen and oxygen atoms in total. The average Bonchev–Trinajstić information content (AvgIpc) is 3.06. The Morgan fingerprint density at radius 3 is 2.35 bits per heavy atom. The van der Waals surface area contributed by atoms with Crippen LogP contribution in [0.1, 0.15) is 23.6 Å². The van der Waals surface area contributed by atoms with E-state index in [0.717, 1.165) is 27.9 Å². The molecule has 0 fully saturated rings. The van der Waals surface area contributed by atoms with Crippen molar-refractivity contribution in [1.82, 2.24) is 10.2 Å². The largest absolute Gasteiger partial charge is 0.411 e. The smallest absolute Gasteiger partial charge is 0.277 e. The molecular weight excluding hydrogens is 346 g/mol. The van der Waals surface area contributed by atoms with Crippen molar-refractivity contribution in [3.63, 3.8) is 0 Å². The van der Waals surface area contributed by atoms with E-state index in [9.17, 15) is 4.79 Å². The first-order valence-electron chi connectivity index (χ1n) is 8.39. The molecule has 1 N–H and O–H groups in total. The second kappa shape index (κ2) is 7.74. The van der Waals surface area contributed by atoms with Crippen LogP contribution >= 0.6 is 11.8 Å². The highest BCUT2D eigenvalue weighted by atomic mass is 32.2. The van der Waals surface area contributed by atoms with Gasteiger partial charge in [0.15, 0.2) is 0 Å². The minimum Gasteiger partial charge on any atom is -0.411 e. The van der Waals surface area contributed by atoms with E-state index in [4.69, 9.17) is 4.42 Å². The van der Waals surface area contributed by atoms with E-state index in [0.29, 0.717) is 11.1 Å². The minimum atomic E-state index is -0.362. The molecule has 0 saturated carbocycles. The van der Waals surface area contributed by atoms with Crippen molar-refractivity contribution in [2.45, 2.75) is 38.2 Å². The summed E-state index contributed by atoms with van der Waals surface area (Å²) < 4.78 is 5.73. The number of anilines is 1. The molecule has 0 aliphatic rings. The lowest BCUT2D eigenvalue weighted by Crippen LogP contribution is -2.23. The number of carbonyl (C=O) groups is 1. The molecule has 1 heterocycles. The van der Waals surface area contributed by atoms with Crippen LogP contribution in [0.2, 0.25) is 0 Å². The molecular formula is C20H21N3O2S. The zero-order valence-electron chi connectivity index (χ0n) is 15.2. The van der Waals surface area contributed by atoms with Gasteiger partial charge in [0.25, 0.3) is 5.22 Å². The van der Waals surface area contributed by atoms with Crippen LogP contribution in [0, 0.1) is 20.8 Å². The van der Waals surface area contributed by atoms with E-state index in [2.05, 4.69) is 15.5 Å². The fraction of sp³-hybridized carbons (Fsp3) is 0.250. The number of nitrogens with one attached hydrogen (secondary N) is 1. The highest BCUT2D eigenvalue weighted by Gasteiger charge is 2.20. The van der Waals surface area contributed by atoms with Crippen LogP contribution in [0.25, 0.3) is 11.5 Å². The molecule has 6 heteroatoms. The number of aryl methyl sites for hydroxylation is 3.